The zero-order chi connectivity index (χ0) is 14.9. The average molecular weight is 283 g/mol. The van der Waals surface area contributed by atoms with Gasteiger partial charge in [0.2, 0.25) is 5.91 Å². The second-order valence-electron chi connectivity index (χ2n) is 5.03. The second kappa shape index (κ2) is 5.56. The maximum atomic E-state index is 13.1. The minimum Gasteiger partial charge on any atom is -0.481 e. The van der Waals surface area contributed by atoms with Crippen LogP contribution in [-0.4, -0.2) is 35.5 Å². The molecule has 1 aromatic rings. The van der Waals surface area contributed by atoms with Gasteiger partial charge in [-0.25, -0.2) is 8.78 Å². The molecule has 4 nitrogen and oxygen atoms in total. The summed E-state index contributed by atoms with van der Waals surface area (Å²) in [6.07, 6.45) is 0.478. The molecule has 0 saturated heterocycles. The number of rotatable bonds is 5. The molecule has 108 valence electrons. The summed E-state index contributed by atoms with van der Waals surface area (Å²) >= 11 is 0. The summed E-state index contributed by atoms with van der Waals surface area (Å²) < 4.78 is 26.0. The van der Waals surface area contributed by atoms with Gasteiger partial charge >= 0.3 is 5.97 Å². The summed E-state index contributed by atoms with van der Waals surface area (Å²) in [6, 6.07) is 3.65. The molecule has 0 aliphatic heterocycles. The van der Waals surface area contributed by atoms with Crippen LogP contribution < -0.4 is 0 Å². The van der Waals surface area contributed by atoms with Gasteiger partial charge in [-0.05, 0) is 30.0 Å². The Kier molecular flexibility index (Phi) is 4.01. The molecule has 1 aromatic carbocycles. The highest BCUT2D eigenvalue weighted by Crippen LogP contribution is 2.48. The smallest absolute Gasteiger partial charge is 0.305 e. The summed E-state index contributed by atoms with van der Waals surface area (Å²) in [5, 5.41) is 8.57. The number of amides is 1. The van der Waals surface area contributed by atoms with E-state index >= 15 is 0 Å². The molecule has 1 amide bonds. The lowest BCUT2D eigenvalue weighted by Gasteiger charge is -2.16. The number of hydrogen-bond acceptors (Lipinski definition) is 2. The lowest BCUT2D eigenvalue weighted by molar-refractivity contribution is -0.138. The molecule has 1 aliphatic rings. The van der Waals surface area contributed by atoms with Crippen molar-refractivity contribution in [1.29, 1.82) is 0 Å². The Morgan fingerprint density at radius 3 is 2.65 bits per heavy atom. The molecule has 1 N–H and O–H groups in total. The zero-order valence-electron chi connectivity index (χ0n) is 11.0. The predicted octanol–water partition coefficient (Wildman–Crippen LogP) is 2.00. The first-order chi connectivity index (χ1) is 9.40. The second-order valence-corrected chi connectivity index (χ2v) is 5.03. The topological polar surface area (TPSA) is 57.6 Å². The minimum atomic E-state index is -0.961. The van der Waals surface area contributed by atoms with Gasteiger partial charge in [0.1, 0.15) is 0 Å². The number of nitrogens with zero attached hydrogens (tertiary/aromatic N) is 1. The van der Waals surface area contributed by atoms with E-state index in [1.807, 2.05) is 0 Å². The first kappa shape index (κ1) is 14.4. The summed E-state index contributed by atoms with van der Waals surface area (Å²) in [5.74, 6) is -3.31. The van der Waals surface area contributed by atoms with Gasteiger partial charge in [0, 0.05) is 19.5 Å². The number of aliphatic carboxylic acids is 1. The third-order valence-electron chi connectivity index (χ3n) is 3.52. The molecule has 1 aliphatic carbocycles. The summed E-state index contributed by atoms with van der Waals surface area (Å²) in [7, 11) is 1.55. The van der Waals surface area contributed by atoms with E-state index in [9.17, 15) is 18.4 Å². The molecule has 0 aromatic heterocycles. The summed E-state index contributed by atoms with van der Waals surface area (Å²) in [5.41, 5.74) is 0.605. The molecular formula is C14H15F2NO3. The van der Waals surface area contributed by atoms with Crippen molar-refractivity contribution in [2.45, 2.75) is 18.8 Å². The first-order valence-corrected chi connectivity index (χ1v) is 6.32. The molecule has 1 fully saturated rings. The van der Waals surface area contributed by atoms with Crippen LogP contribution in [0.3, 0.4) is 0 Å². The lowest BCUT2D eigenvalue weighted by Crippen LogP contribution is -2.30. The highest BCUT2D eigenvalue weighted by molar-refractivity contribution is 5.83. The Morgan fingerprint density at radius 1 is 1.35 bits per heavy atom. The molecule has 0 bridgehead atoms. The van der Waals surface area contributed by atoms with Crippen LogP contribution in [0, 0.1) is 17.6 Å². The van der Waals surface area contributed by atoms with Gasteiger partial charge in [0.15, 0.2) is 11.6 Å². The molecule has 0 spiro atoms. The Morgan fingerprint density at radius 2 is 2.05 bits per heavy atom. The van der Waals surface area contributed by atoms with Crippen molar-refractivity contribution >= 4 is 11.9 Å². The maximum absolute atomic E-state index is 13.1. The molecule has 0 heterocycles. The van der Waals surface area contributed by atoms with Gasteiger partial charge in [-0.1, -0.05) is 6.07 Å². The fourth-order valence-electron chi connectivity index (χ4n) is 2.24. The van der Waals surface area contributed by atoms with Gasteiger partial charge in [0.25, 0.3) is 0 Å². The SMILES string of the molecule is CN(CCC(=O)O)C(=O)C1CC1c1ccc(F)c(F)c1. The molecule has 2 atom stereocenters. The van der Waals surface area contributed by atoms with E-state index in [4.69, 9.17) is 5.11 Å². The first-order valence-electron chi connectivity index (χ1n) is 6.32. The van der Waals surface area contributed by atoms with E-state index in [-0.39, 0.29) is 30.7 Å². The largest absolute Gasteiger partial charge is 0.481 e. The van der Waals surface area contributed by atoms with E-state index in [2.05, 4.69) is 0 Å². The van der Waals surface area contributed by atoms with Gasteiger partial charge in [0.05, 0.1) is 6.42 Å². The molecule has 2 unspecified atom stereocenters. The quantitative estimate of drug-likeness (QED) is 0.899. The van der Waals surface area contributed by atoms with E-state index in [0.29, 0.717) is 12.0 Å². The molecule has 0 radical (unpaired) electrons. The van der Waals surface area contributed by atoms with Crippen molar-refractivity contribution in [3.8, 4) is 0 Å². The zero-order valence-corrected chi connectivity index (χ0v) is 11.0. The van der Waals surface area contributed by atoms with Crippen LogP contribution in [0.15, 0.2) is 18.2 Å². The number of carbonyl (C=O) groups is 2. The Balaban J connectivity index is 1.95. The van der Waals surface area contributed by atoms with E-state index in [0.717, 1.165) is 12.1 Å². The average Bonchev–Trinajstić information content (AvgIpc) is 3.18. The number of carbonyl (C=O) groups excluding carboxylic acids is 1. The monoisotopic (exact) mass is 283 g/mol. The Labute approximate surface area is 115 Å². The molecular weight excluding hydrogens is 268 g/mol. The highest BCUT2D eigenvalue weighted by Gasteiger charge is 2.45. The van der Waals surface area contributed by atoms with E-state index in [1.165, 1.54) is 11.0 Å². The maximum Gasteiger partial charge on any atom is 0.305 e. The Hall–Kier alpha value is -1.98. The number of carboxylic acid groups (broad SMARTS) is 1. The predicted molar refractivity (Wildman–Crippen MR) is 67.1 cm³/mol. The van der Waals surface area contributed by atoms with Crippen molar-refractivity contribution in [2.24, 2.45) is 5.92 Å². The number of hydrogen-bond donors (Lipinski definition) is 1. The van der Waals surface area contributed by atoms with Crippen molar-refractivity contribution in [3.05, 3.63) is 35.4 Å². The number of benzene rings is 1. The van der Waals surface area contributed by atoms with Gasteiger partial charge in [-0.3, -0.25) is 9.59 Å². The molecule has 1 saturated carbocycles. The van der Waals surface area contributed by atoms with Crippen LogP contribution in [0.2, 0.25) is 0 Å². The fraction of sp³-hybridized carbons (Fsp3) is 0.429. The Bertz CT molecular complexity index is 547. The normalized spacial score (nSPS) is 20.6. The van der Waals surface area contributed by atoms with Crippen LogP contribution >= 0.6 is 0 Å². The molecule has 6 heteroatoms. The number of carboxylic acids is 1. The van der Waals surface area contributed by atoms with Crippen LogP contribution in [-0.2, 0) is 9.59 Å². The van der Waals surface area contributed by atoms with Crippen molar-refractivity contribution in [3.63, 3.8) is 0 Å². The number of halogens is 2. The fourth-order valence-corrected chi connectivity index (χ4v) is 2.24. The highest BCUT2D eigenvalue weighted by atomic mass is 19.2. The van der Waals surface area contributed by atoms with E-state index in [1.54, 1.807) is 7.05 Å². The molecule has 2 rings (SSSR count). The third kappa shape index (κ3) is 3.12. The van der Waals surface area contributed by atoms with Gasteiger partial charge in [-0.15, -0.1) is 0 Å². The van der Waals surface area contributed by atoms with Crippen molar-refractivity contribution in [1.82, 2.24) is 4.90 Å². The minimum absolute atomic E-state index is 0.106. The van der Waals surface area contributed by atoms with Crippen LogP contribution in [0.4, 0.5) is 8.78 Å². The van der Waals surface area contributed by atoms with Gasteiger partial charge in [-0.2, -0.15) is 0 Å². The van der Waals surface area contributed by atoms with Crippen molar-refractivity contribution < 1.29 is 23.5 Å². The van der Waals surface area contributed by atoms with Gasteiger partial charge < -0.3 is 10.0 Å². The summed E-state index contributed by atoms with van der Waals surface area (Å²) in [4.78, 5) is 23.8. The summed E-state index contributed by atoms with van der Waals surface area (Å²) in [6.45, 7) is 0.148. The van der Waals surface area contributed by atoms with Crippen LogP contribution in [0.1, 0.15) is 24.3 Å². The standard InChI is InChI=1S/C14H15F2NO3/c1-17(5-4-13(18)19)14(20)10-7-9(10)8-2-3-11(15)12(16)6-8/h2-3,6,9-10H,4-5,7H2,1H3,(H,18,19). The van der Waals surface area contributed by atoms with Crippen LogP contribution in [0.5, 0.6) is 0 Å². The molecule has 20 heavy (non-hydrogen) atoms. The third-order valence-corrected chi connectivity index (χ3v) is 3.52. The lowest BCUT2D eigenvalue weighted by atomic mass is 10.1. The van der Waals surface area contributed by atoms with Crippen LogP contribution in [0.25, 0.3) is 0 Å². The van der Waals surface area contributed by atoms with E-state index < -0.39 is 17.6 Å². The van der Waals surface area contributed by atoms with Crippen molar-refractivity contribution in [2.75, 3.05) is 13.6 Å².